The monoisotopic (exact) mass is 417 g/mol. The predicted octanol–water partition coefficient (Wildman–Crippen LogP) is 6.52. The summed E-state index contributed by atoms with van der Waals surface area (Å²) in [6.07, 6.45) is 5.24. The number of hydrogen-bond donors (Lipinski definition) is 1. The van der Waals surface area contributed by atoms with Gasteiger partial charge in [-0.1, -0.05) is 62.2 Å². The molecule has 0 bridgehead atoms. The van der Waals surface area contributed by atoms with Gasteiger partial charge in [0.25, 0.3) is 5.91 Å². The third-order valence-electron chi connectivity index (χ3n) is 4.98. The lowest BCUT2D eigenvalue weighted by atomic mass is 10.1. The number of amides is 1. The highest BCUT2D eigenvalue weighted by Crippen LogP contribution is 2.25. The summed E-state index contributed by atoms with van der Waals surface area (Å²) in [5.74, 6) is 1.30. The van der Waals surface area contributed by atoms with Crippen LogP contribution in [0.2, 0.25) is 0 Å². The summed E-state index contributed by atoms with van der Waals surface area (Å²) in [5.41, 5.74) is 2.55. The normalized spacial score (nSPS) is 10.5. The Bertz CT molecular complexity index is 923. The topological polar surface area (TPSA) is 47.6 Å². The lowest BCUT2D eigenvalue weighted by Crippen LogP contribution is -2.13. The van der Waals surface area contributed by atoms with Gasteiger partial charge in [-0.05, 0) is 61.2 Å². The summed E-state index contributed by atoms with van der Waals surface area (Å²) >= 11 is 0. The first kappa shape index (κ1) is 22.4. The van der Waals surface area contributed by atoms with Crippen molar-refractivity contribution in [1.82, 2.24) is 0 Å². The van der Waals surface area contributed by atoms with Crippen molar-refractivity contribution in [3.05, 3.63) is 90.0 Å². The van der Waals surface area contributed by atoms with Crippen LogP contribution in [0.5, 0.6) is 11.5 Å². The first-order valence-electron chi connectivity index (χ1n) is 11.1. The van der Waals surface area contributed by atoms with Gasteiger partial charge in [0, 0.05) is 5.56 Å². The molecule has 3 aromatic carbocycles. The maximum atomic E-state index is 12.7. The Morgan fingerprint density at radius 2 is 1.48 bits per heavy atom. The van der Waals surface area contributed by atoms with Crippen LogP contribution >= 0.6 is 0 Å². The number of benzene rings is 3. The molecule has 0 aromatic heterocycles. The van der Waals surface area contributed by atoms with E-state index in [1.165, 1.54) is 12.0 Å². The second kappa shape index (κ2) is 12.4. The van der Waals surface area contributed by atoms with Gasteiger partial charge in [0.1, 0.15) is 11.5 Å². The lowest BCUT2D eigenvalue weighted by Gasteiger charge is -2.13. The van der Waals surface area contributed by atoms with E-state index in [1.807, 2.05) is 54.6 Å². The van der Waals surface area contributed by atoms with Gasteiger partial charge >= 0.3 is 0 Å². The summed E-state index contributed by atoms with van der Waals surface area (Å²) in [5, 5.41) is 2.96. The molecule has 0 fully saturated rings. The van der Waals surface area contributed by atoms with E-state index in [4.69, 9.17) is 9.47 Å². The minimum absolute atomic E-state index is 0.169. The number of anilines is 1. The van der Waals surface area contributed by atoms with Crippen molar-refractivity contribution in [3.8, 4) is 11.5 Å². The Kier molecular flexibility index (Phi) is 8.99. The molecular formula is C27H31NO3. The van der Waals surface area contributed by atoms with Crippen LogP contribution in [0.4, 0.5) is 5.69 Å². The molecule has 0 unspecified atom stereocenters. The Morgan fingerprint density at radius 3 is 2.26 bits per heavy atom. The van der Waals surface area contributed by atoms with Gasteiger partial charge in [0.2, 0.25) is 0 Å². The molecular weight excluding hydrogens is 386 g/mol. The number of para-hydroxylation sites is 2. The minimum Gasteiger partial charge on any atom is -0.494 e. The summed E-state index contributed by atoms with van der Waals surface area (Å²) in [7, 11) is 0. The maximum Gasteiger partial charge on any atom is 0.255 e. The molecule has 0 aliphatic rings. The third kappa shape index (κ3) is 7.49. The van der Waals surface area contributed by atoms with Crippen LogP contribution in [-0.2, 0) is 6.42 Å². The maximum absolute atomic E-state index is 12.7. The van der Waals surface area contributed by atoms with Gasteiger partial charge in [-0.15, -0.1) is 0 Å². The molecule has 1 N–H and O–H groups in total. The summed E-state index contributed by atoms with van der Waals surface area (Å²) in [6, 6.07) is 25.1. The highest BCUT2D eigenvalue weighted by Gasteiger charge is 2.10. The summed E-state index contributed by atoms with van der Waals surface area (Å²) in [4.78, 5) is 12.7. The molecule has 0 saturated heterocycles. The standard InChI is InChI=1S/C27H31NO3/c1-2-3-9-20-30-24-18-16-23(17-19-24)27(29)28-25-14-7-8-15-26(25)31-21-10-13-22-11-5-4-6-12-22/h4-8,11-12,14-19H,2-3,9-10,13,20-21H2,1H3,(H,28,29). The molecule has 0 spiro atoms. The number of unbranched alkanes of at least 4 members (excludes halogenated alkanes) is 2. The molecule has 0 aliphatic heterocycles. The van der Waals surface area contributed by atoms with Gasteiger partial charge < -0.3 is 14.8 Å². The Hall–Kier alpha value is -3.27. The van der Waals surface area contributed by atoms with Gasteiger partial charge in [0.05, 0.1) is 18.9 Å². The van der Waals surface area contributed by atoms with Crippen molar-refractivity contribution in [1.29, 1.82) is 0 Å². The number of rotatable bonds is 12. The fraction of sp³-hybridized carbons (Fsp3) is 0.296. The Labute approximate surface area is 185 Å². The third-order valence-corrected chi connectivity index (χ3v) is 4.98. The van der Waals surface area contributed by atoms with Crippen LogP contribution in [0.15, 0.2) is 78.9 Å². The zero-order valence-electron chi connectivity index (χ0n) is 18.2. The molecule has 1 amide bonds. The van der Waals surface area contributed by atoms with Crippen molar-refractivity contribution in [2.45, 2.75) is 39.0 Å². The van der Waals surface area contributed by atoms with E-state index >= 15 is 0 Å². The van der Waals surface area contributed by atoms with Crippen LogP contribution < -0.4 is 14.8 Å². The van der Waals surface area contributed by atoms with Crippen molar-refractivity contribution < 1.29 is 14.3 Å². The summed E-state index contributed by atoms with van der Waals surface area (Å²) in [6.45, 7) is 3.46. The quantitative estimate of drug-likeness (QED) is 0.341. The van der Waals surface area contributed by atoms with Gasteiger partial charge in [-0.3, -0.25) is 4.79 Å². The van der Waals surface area contributed by atoms with Crippen LogP contribution in [0, 0.1) is 0 Å². The number of nitrogens with one attached hydrogen (secondary N) is 1. The van der Waals surface area contributed by atoms with E-state index in [0.717, 1.165) is 31.4 Å². The van der Waals surface area contributed by atoms with Crippen molar-refractivity contribution in [3.63, 3.8) is 0 Å². The van der Waals surface area contributed by atoms with Gasteiger partial charge in [0.15, 0.2) is 0 Å². The van der Waals surface area contributed by atoms with Gasteiger partial charge in [-0.25, -0.2) is 0 Å². The number of carbonyl (C=O) groups excluding carboxylic acids is 1. The Morgan fingerprint density at radius 1 is 0.774 bits per heavy atom. The average molecular weight is 418 g/mol. The zero-order valence-corrected chi connectivity index (χ0v) is 18.2. The van der Waals surface area contributed by atoms with E-state index in [-0.39, 0.29) is 5.91 Å². The number of aryl methyl sites for hydroxylation is 1. The van der Waals surface area contributed by atoms with Crippen molar-refractivity contribution in [2.24, 2.45) is 0 Å². The van der Waals surface area contributed by atoms with Crippen LogP contribution in [0.3, 0.4) is 0 Å². The fourth-order valence-corrected chi connectivity index (χ4v) is 3.24. The van der Waals surface area contributed by atoms with Gasteiger partial charge in [-0.2, -0.15) is 0 Å². The first-order chi connectivity index (χ1) is 15.3. The highest BCUT2D eigenvalue weighted by atomic mass is 16.5. The van der Waals surface area contributed by atoms with E-state index in [1.54, 1.807) is 12.1 Å². The van der Waals surface area contributed by atoms with Crippen LogP contribution in [0.1, 0.15) is 48.5 Å². The zero-order chi connectivity index (χ0) is 21.7. The lowest BCUT2D eigenvalue weighted by molar-refractivity contribution is 0.102. The van der Waals surface area contributed by atoms with E-state index < -0.39 is 0 Å². The smallest absolute Gasteiger partial charge is 0.255 e. The van der Waals surface area contributed by atoms with Crippen LogP contribution in [-0.4, -0.2) is 19.1 Å². The van der Waals surface area contributed by atoms with E-state index in [2.05, 4.69) is 24.4 Å². The molecule has 162 valence electrons. The highest BCUT2D eigenvalue weighted by molar-refractivity contribution is 6.05. The fourth-order valence-electron chi connectivity index (χ4n) is 3.24. The van der Waals surface area contributed by atoms with E-state index in [9.17, 15) is 4.79 Å². The molecule has 31 heavy (non-hydrogen) atoms. The second-order valence-corrected chi connectivity index (χ2v) is 7.47. The molecule has 4 heteroatoms. The molecule has 0 saturated carbocycles. The largest absolute Gasteiger partial charge is 0.494 e. The molecule has 4 nitrogen and oxygen atoms in total. The second-order valence-electron chi connectivity index (χ2n) is 7.47. The molecule has 0 heterocycles. The van der Waals surface area contributed by atoms with Crippen molar-refractivity contribution >= 4 is 11.6 Å². The van der Waals surface area contributed by atoms with Crippen LogP contribution in [0.25, 0.3) is 0 Å². The minimum atomic E-state index is -0.169. The predicted molar refractivity (Wildman–Crippen MR) is 126 cm³/mol. The molecule has 3 aromatic rings. The average Bonchev–Trinajstić information content (AvgIpc) is 2.81. The van der Waals surface area contributed by atoms with Crippen molar-refractivity contribution in [2.75, 3.05) is 18.5 Å². The summed E-state index contributed by atoms with van der Waals surface area (Å²) < 4.78 is 11.7. The molecule has 3 rings (SSSR count). The molecule has 0 atom stereocenters. The SMILES string of the molecule is CCCCCOc1ccc(C(=O)Nc2ccccc2OCCCc2ccccc2)cc1. The molecule has 0 aliphatic carbocycles. The first-order valence-corrected chi connectivity index (χ1v) is 11.1. The number of ether oxygens (including phenoxy) is 2. The number of hydrogen-bond acceptors (Lipinski definition) is 3. The number of carbonyl (C=O) groups is 1. The Balaban J connectivity index is 1.50. The molecule has 0 radical (unpaired) electrons. The van der Waals surface area contributed by atoms with E-state index in [0.29, 0.717) is 30.2 Å².